The Labute approximate surface area is 155 Å². The molecule has 0 aliphatic heterocycles. The lowest BCUT2D eigenvalue weighted by Gasteiger charge is -2.10. The summed E-state index contributed by atoms with van der Waals surface area (Å²) in [6.45, 7) is 2.17. The molecule has 26 heavy (non-hydrogen) atoms. The first kappa shape index (κ1) is 18.1. The van der Waals surface area contributed by atoms with E-state index in [-0.39, 0.29) is 17.4 Å². The van der Waals surface area contributed by atoms with Crippen LogP contribution in [0.15, 0.2) is 35.1 Å². The second-order valence-electron chi connectivity index (χ2n) is 6.17. The van der Waals surface area contributed by atoms with Gasteiger partial charge in [0.05, 0.1) is 10.7 Å². The van der Waals surface area contributed by atoms with Gasteiger partial charge in [0.15, 0.2) is 0 Å². The molecule has 3 N–H and O–H groups in total. The van der Waals surface area contributed by atoms with Gasteiger partial charge in [0.25, 0.3) is 5.56 Å². The molecule has 0 saturated heterocycles. The van der Waals surface area contributed by atoms with Crippen molar-refractivity contribution in [2.24, 2.45) is 5.92 Å². The summed E-state index contributed by atoms with van der Waals surface area (Å²) in [5.74, 6) is 0.546. The lowest BCUT2D eigenvalue weighted by atomic mass is 10.1. The minimum absolute atomic E-state index is 0.0683. The second-order valence-corrected chi connectivity index (χ2v) is 6.58. The fraction of sp³-hybridized carbons (Fsp3) is 0.263. The van der Waals surface area contributed by atoms with E-state index >= 15 is 0 Å². The van der Waals surface area contributed by atoms with Crippen molar-refractivity contribution < 1.29 is 4.79 Å². The Bertz CT molecular complexity index is 945. The number of allylic oxidation sites excluding steroid dienone is 2. The van der Waals surface area contributed by atoms with Crippen molar-refractivity contribution in [3.63, 3.8) is 0 Å². The van der Waals surface area contributed by atoms with Gasteiger partial charge in [-0.15, -0.1) is 0 Å². The van der Waals surface area contributed by atoms with Crippen molar-refractivity contribution in [1.29, 1.82) is 5.41 Å². The predicted octanol–water partition coefficient (Wildman–Crippen LogP) is 3.17. The molecule has 0 spiro atoms. The van der Waals surface area contributed by atoms with E-state index in [1.165, 1.54) is 6.07 Å². The number of hydrogen-bond donors (Lipinski definition) is 3. The van der Waals surface area contributed by atoms with Crippen molar-refractivity contribution in [2.45, 2.75) is 26.3 Å². The third-order valence-corrected chi connectivity index (χ3v) is 4.53. The third-order valence-electron chi connectivity index (χ3n) is 4.20. The van der Waals surface area contributed by atoms with Crippen LogP contribution in [-0.2, 0) is 11.3 Å². The molecule has 1 heterocycles. The molecule has 0 atom stereocenters. The maximum atomic E-state index is 12.0. The van der Waals surface area contributed by atoms with Crippen LogP contribution in [0.4, 0.5) is 0 Å². The highest BCUT2D eigenvalue weighted by Gasteiger charge is 2.29. The van der Waals surface area contributed by atoms with E-state index in [1.807, 2.05) is 6.07 Å². The summed E-state index contributed by atoms with van der Waals surface area (Å²) < 4.78 is 0. The minimum Gasteiger partial charge on any atom is -0.352 e. The topological polar surface area (TPSA) is 98.7 Å². The summed E-state index contributed by atoms with van der Waals surface area (Å²) in [5, 5.41) is 10.8. The SMILES string of the molecule is C/C=C(\C=N)c1cc(=O)[nH]c(-c2cc(CNC(=O)C3CC3)ccc2Cl)n1. The Morgan fingerprint density at radius 3 is 2.85 bits per heavy atom. The van der Waals surface area contributed by atoms with E-state index in [4.69, 9.17) is 17.0 Å². The standard InChI is InChI=1S/C19H19ClN4O2/c1-2-12(9-21)16-8-17(25)24-18(23-16)14-7-11(3-6-15(14)20)10-22-19(26)13-4-5-13/h2-3,6-9,13,21H,4-5,10H2,1H3,(H,22,26)(H,23,24,25)/b12-2+,21-9?. The lowest BCUT2D eigenvalue weighted by Crippen LogP contribution is -2.24. The van der Waals surface area contributed by atoms with Crippen LogP contribution < -0.4 is 10.9 Å². The molecule has 0 unspecified atom stereocenters. The van der Waals surface area contributed by atoms with Crippen LogP contribution in [0.5, 0.6) is 0 Å². The fourth-order valence-corrected chi connectivity index (χ4v) is 2.79. The van der Waals surface area contributed by atoms with Crippen molar-refractivity contribution in [2.75, 3.05) is 0 Å². The smallest absolute Gasteiger partial charge is 0.251 e. The lowest BCUT2D eigenvalue weighted by molar-refractivity contribution is -0.122. The van der Waals surface area contributed by atoms with Crippen molar-refractivity contribution in [1.82, 2.24) is 15.3 Å². The maximum absolute atomic E-state index is 12.0. The van der Waals surface area contributed by atoms with Crippen LogP contribution in [0.2, 0.25) is 5.02 Å². The summed E-state index contributed by atoms with van der Waals surface area (Å²) in [7, 11) is 0. The predicted molar refractivity (Wildman–Crippen MR) is 102 cm³/mol. The highest BCUT2D eigenvalue weighted by molar-refractivity contribution is 6.33. The molecular formula is C19H19ClN4O2. The van der Waals surface area contributed by atoms with Gasteiger partial charge >= 0.3 is 0 Å². The molecule has 3 rings (SSSR count). The van der Waals surface area contributed by atoms with Crippen LogP contribution in [0.25, 0.3) is 17.0 Å². The fourth-order valence-electron chi connectivity index (χ4n) is 2.58. The molecule has 1 aromatic heterocycles. The Morgan fingerprint density at radius 2 is 2.19 bits per heavy atom. The van der Waals surface area contributed by atoms with Crippen LogP contribution in [0.1, 0.15) is 31.0 Å². The van der Waals surface area contributed by atoms with Gasteiger partial charge in [-0.2, -0.15) is 0 Å². The van der Waals surface area contributed by atoms with E-state index in [0.29, 0.717) is 34.2 Å². The number of nitrogens with zero attached hydrogens (tertiary/aromatic N) is 1. The van der Waals surface area contributed by atoms with Gasteiger partial charge in [0.2, 0.25) is 5.91 Å². The number of benzene rings is 1. The molecule has 1 aromatic carbocycles. The van der Waals surface area contributed by atoms with Gasteiger partial charge in [-0.25, -0.2) is 4.98 Å². The number of carbonyl (C=O) groups is 1. The van der Waals surface area contributed by atoms with E-state index in [9.17, 15) is 9.59 Å². The average Bonchev–Trinajstić information content (AvgIpc) is 3.46. The molecule has 1 aliphatic carbocycles. The first-order valence-corrected chi connectivity index (χ1v) is 8.74. The number of carbonyl (C=O) groups excluding carboxylic acids is 1. The van der Waals surface area contributed by atoms with E-state index in [2.05, 4.69) is 15.3 Å². The minimum atomic E-state index is -0.324. The van der Waals surface area contributed by atoms with Crippen molar-refractivity contribution >= 4 is 29.3 Å². The van der Waals surface area contributed by atoms with Crippen molar-refractivity contribution in [3.8, 4) is 11.4 Å². The highest BCUT2D eigenvalue weighted by Crippen LogP contribution is 2.29. The highest BCUT2D eigenvalue weighted by atomic mass is 35.5. The van der Waals surface area contributed by atoms with Gasteiger partial charge in [-0.05, 0) is 37.5 Å². The largest absolute Gasteiger partial charge is 0.352 e. The van der Waals surface area contributed by atoms with E-state index < -0.39 is 0 Å². The summed E-state index contributed by atoms with van der Waals surface area (Å²) in [4.78, 5) is 30.9. The number of halogens is 1. The Kier molecular flexibility index (Phi) is 5.32. The number of amides is 1. The van der Waals surface area contributed by atoms with Gasteiger partial charge in [-0.3, -0.25) is 9.59 Å². The third kappa shape index (κ3) is 4.08. The van der Waals surface area contributed by atoms with Crippen LogP contribution in [-0.4, -0.2) is 22.1 Å². The monoisotopic (exact) mass is 370 g/mol. The molecule has 134 valence electrons. The van der Waals surface area contributed by atoms with Crippen LogP contribution >= 0.6 is 11.6 Å². The molecule has 0 bridgehead atoms. The Hall–Kier alpha value is -2.73. The molecule has 0 radical (unpaired) electrons. The molecule has 2 aromatic rings. The van der Waals surface area contributed by atoms with Gasteiger partial charge < -0.3 is 15.7 Å². The molecular weight excluding hydrogens is 352 g/mol. The Morgan fingerprint density at radius 1 is 1.42 bits per heavy atom. The van der Waals surface area contributed by atoms with Gasteiger partial charge in [0.1, 0.15) is 5.82 Å². The molecule has 1 saturated carbocycles. The van der Waals surface area contributed by atoms with E-state index in [1.54, 1.807) is 25.1 Å². The number of rotatable bonds is 6. The summed E-state index contributed by atoms with van der Waals surface area (Å²) >= 11 is 6.30. The molecule has 1 aliphatic rings. The number of H-pyrrole nitrogens is 1. The van der Waals surface area contributed by atoms with Gasteiger partial charge in [-0.1, -0.05) is 23.7 Å². The van der Waals surface area contributed by atoms with Crippen molar-refractivity contribution in [3.05, 3.63) is 57.0 Å². The number of aromatic amines is 1. The number of aromatic nitrogens is 2. The average molecular weight is 371 g/mol. The molecule has 1 amide bonds. The van der Waals surface area contributed by atoms with Crippen LogP contribution in [0.3, 0.4) is 0 Å². The van der Waals surface area contributed by atoms with Gasteiger partial charge in [0, 0.05) is 35.9 Å². The first-order chi connectivity index (χ1) is 12.5. The molecule has 7 heteroatoms. The van der Waals surface area contributed by atoms with E-state index in [0.717, 1.165) is 24.6 Å². The van der Waals surface area contributed by atoms with Crippen LogP contribution in [0, 0.1) is 11.3 Å². The zero-order valence-electron chi connectivity index (χ0n) is 14.3. The zero-order valence-corrected chi connectivity index (χ0v) is 15.1. The first-order valence-electron chi connectivity index (χ1n) is 8.37. The normalized spacial score (nSPS) is 14.2. The quantitative estimate of drug-likeness (QED) is 0.681. The summed E-state index contributed by atoms with van der Waals surface area (Å²) in [6, 6.07) is 6.69. The molecule has 6 nitrogen and oxygen atoms in total. The number of nitrogens with one attached hydrogen (secondary N) is 3. The maximum Gasteiger partial charge on any atom is 0.251 e. The summed E-state index contributed by atoms with van der Waals surface area (Å²) in [5.41, 5.74) is 2.06. The second kappa shape index (κ2) is 7.66. The zero-order chi connectivity index (χ0) is 18.7. The summed E-state index contributed by atoms with van der Waals surface area (Å²) in [6.07, 6.45) is 4.77. The Balaban J connectivity index is 1.92. The molecule has 1 fully saturated rings. The number of hydrogen-bond acceptors (Lipinski definition) is 4.